The lowest BCUT2D eigenvalue weighted by molar-refractivity contribution is 0.0774. The van der Waals surface area contributed by atoms with Crippen molar-refractivity contribution in [1.29, 1.82) is 5.26 Å². The van der Waals surface area contributed by atoms with Gasteiger partial charge in [-0.15, -0.1) is 0 Å². The third-order valence-electron chi connectivity index (χ3n) is 4.67. The highest BCUT2D eigenvalue weighted by atomic mass is 16.2. The molecule has 0 unspecified atom stereocenters. The molecule has 2 aromatic rings. The number of nitrogens with zero attached hydrogens (tertiary/aromatic N) is 5. The molecule has 0 aromatic carbocycles. The normalized spacial score (nSPS) is 17.0. The van der Waals surface area contributed by atoms with Crippen molar-refractivity contribution in [2.24, 2.45) is 13.0 Å². The van der Waals surface area contributed by atoms with E-state index >= 15 is 0 Å². The van der Waals surface area contributed by atoms with Crippen LogP contribution in [0.1, 0.15) is 28.0 Å². The van der Waals surface area contributed by atoms with Crippen molar-refractivity contribution in [1.82, 2.24) is 19.4 Å². The predicted octanol–water partition coefficient (Wildman–Crippen LogP) is 1.89. The second kappa shape index (κ2) is 7.49. The van der Waals surface area contributed by atoms with Crippen LogP contribution in [0.15, 0.2) is 36.8 Å². The summed E-state index contributed by atoms with van der Waals surface area (Å²) in [5, 5.41) is 8.99. The molecule has 1 aliphatic heterocycles. The Morgan fingerprint density at radius 1 is 1.52 bits per heavy atom. The molecule has 0 saturated carbocycles. The van der Waals surface area contributed by atoms with Gasteiger partial charge in [-0.2, -0.15) is 5.26 Å². The average Bonchev–Trinajstić information content (AvgIpc) is 3.21. The molecule has 0 spiro atoms. The molecule has 0 N–H and O–H groups in total. The first kappa shape index (κ1) is 17.2. The lowest BCUT2D eigenvalue weighted by Gasteiger charge is -2.21. The van der Waals surface area contributed by atoms with Gasteiger partial charge in [-0.3, -0.25) is 9.78 Å². The van der Waals surface area contributed by atoms with E-state index in [-0.39, 0.29) is 5.91 Å². The van der Waals surface area contributed by atoms with E-state index in [0.29, 0.717) is 17.2 Å². The Bertz CT molecular complexity index is 777. The highest BCUT2D eigenvalue weighted by Gasteiger charge is 2.29. The highest BCUT2D eigenvalue weighted by molar-refractivity contribution is 5.93. The van der Waals surface area contributed by atoms with Crippen molar-refractivity contribution < 1.29 is 4.79 Å². The molecule has 1 fully saturated rings. The van der Waals surface area contributed by atoms with Gasteiger partial charge in [-0.25, -0.2) is 0 Å². The van der Waals surface area contributed by atoms with Crippen LogP contribution in [0.25, 0.3) is 0 Å². The van der Waals surface area contributed by atoms with Gasteiger partial charge in [-0.05, 0) is 37.1 Å². The standard InChI is InChI=1S/C19H23N5O/c1-22(11-15-4-3-6-21-10-15)12-16-5-7-24(14-16)19(25)18-8-17(9-20)13-23(18)2/h3-4,6,8,10,13,16H,5,7,11-12,14H2,1-2H3/t16-/m1/s1. The summed E-state index contributed by atoms with van der Waals surface area (Å²) in [5.74, 6) is 0.489. The average molecular weight is 337 g/mol. The van der Waals surface area contributed by atoms with Gasteiger partial charge in [0.05, 0.1) is 5.56 Å². The summed E-state index contributed by atoms with van der Waals surface area (Å²) in [6.07, 6.45) is 6.38. The molecule has 1 amide bonds. The number of amides is 1. The minimum atomic E-state index is 0.0152. The van der Waals surface area contributed by atoms with Crippen molar-refractivity contribution in [3.05, 3.63) is 53.6 Å². The number of aryl methyl sites for hydroxylation is 1. The largest absolute Gasteiger partial charge is 0.345 e. The van der Waals surface area contributed by atoms with Crippen LogP contribution < -0.4 is 0 Å². The topological polar surface area (TPSA) is 65.2 Å². The van der Waals surface area contributed by atoms with E-state index < -0.39 is 0 Å². The van der Waals surface area contributed by atoms with Crippen LogP contribution >= 0.6 is 0 Å². The molecule has 3 rings (SSSR count). The van der Waals surface area contributed by atoms with E-state index in [4.69, 9.17) is 5.26 Å². The lowest BCUT2D eigenvalue weighted by atomic mass is 10.1. The SMILES string of the molecule is CN(Cc1cccnc1)C[C@H]1CCN(C(=O)c2cc(C#N)cn2C)C1. The number of hydrogen-bond acceptors (Lipinski definition) is 4. The van der Waals surface area contributed by atoms with Gasteiger partial charge in [-0.1, -0.05) is 6.07 Å². The molecule has 1 saturated heterocycles. The first-order valence-electron chi connectivity index (χ1n) is 8.50. The molecule has 3 heterocycles. The number of hydrogen-bond donors (Lipinski definition) is 0. The van der Waals surface area contributed by atoms with Crippen LogP contribution in [0.3, 0.4) is 0 Å². The number of nitriles is 1. The Kier molecular flexibility index (Phi) is 5.15. The Labute approximate surface area is 148 Å². The Morgan fingerprint density at radius 2 is 2.36 bits per heavy atom. The van der Waals surface area contributed by atoms with Gasteiger partial charge in [0, 0.05) is 51.8 Å². The number of likely N-dealkylation sites (tertiary alicyclic amines) is 1. The molecule has 130 valence electrons. The van der Waals surface area contributed by atoms with Crippen molar-refractivity contribution in [2.45, 2.75) is 13.0 Å². The van der Waals surface area contributed by atoms with E-state index in [0.717, 1.165) is 32.6 Å². The number of carbonyl (C=O) groups excluding carboxylic acids is 1. The molecular formula is C19H23N5O. The summed E-state index contributed by atoms with van der Waals surface area (Å²) in [4.78, 5) is 21.0. The predicted molar refractivity (Wildman–Crippen MR) is 94.7 cm³/mol. The van der Waals surface area contributed by atoms with Crippen molar-refractivity contribution in [2.75, 3.05) is 26.7 Å². The van der Waals surface area contributed by atoms with Gasteiger partial charge >= 0.3 is 0 Å². The molecule has 1 atom stereocenters. The van der Waals surface area contributed by atoms with Crippen LogP contribution in [0.4, 0.5) is 0 Å². The van der Waals surface area contributed by atoms with Crippen LogP contribution in [0.2, 0.25) is 0 Å². The van der Waals surface area contributed by atoms with E-state index in [9.17, 15) is 4.79 Å². The molecule has 0 radical (unpaired) electrons. The smallest absolute Gasteiger partial charge is 0.270 e. The summed E-state index contributed by atoms with van der Waals surface area (Å²) in [6.45, 7) is 3.36. The summed E-state index contributed by atoms with van der Waals surface area (Å²) < 4.78 is 1.74. The second-order valence-corrected chi connectivity index (χ2v) is 6.80. The fourth-order valence-corrected chi connectivity index (χ4v) is 3.48. The first-order chi connectivity index (χ1) is 12.1. The number of rotatable bonds is 5. The fraction of sp³-hybridized carbons (Fsp3) is 0.421. The maximum absolute atomic E-state index is 12.7. The summed E-state index contributed by atoms with van der Waals surface area (Å²) in [6, 6.07) is 7.79. The third kappa shape index (κ3) is 4.06. The molecule has 6 nitrogen and oxygen atoms in total. The summed E-state index contributed by atoms with van der Waals surface area (Å²) >= 11 is 0. The van der Waals surface area contributed by atoms with Crippen LogP contribution in [-0.2, 0) is 13.6 Å². The maximum Gasteiger partial charge on any atom is 0.270 e. The van der Waals surface area contributed by atoms with E-state index in [2.05, 4.69) is 29.1 Å². The number of pyridine rings is 1. The second-order valence-electron chi connectivity index (χ2n) is 6.80. The third-order valence-corrected chi connectivity index (χ3v) is 4.67. The van der Waals surface area contributed by atoms with Crippen LogP contribution in [-0.4, -0.2) is 51.9 Å². The lowest BCUT2D eigenvalue weighted by Crippen LogP contribution is -2.32. The Morgan fingerprint density at radius 3 is 3.04 bits per heavy atom. The van der Waals surface area contributed by atoms with Crippen molar-refractivity contribution in [3.63, 3.8) is 0 Å². The van der Waals surface area contributed by atoms with Gasteiger partial charge in [0.15, 0.2) is 0 Å². The van der Waals surface area contributed by atoms with Gasteiger partial charge < -0.3 is 14.4 Å². The minimum absolute atomic E-state index is 0.0152. The van der Waals surface area contributed by atoms with Gasteiger partial charge in [0.1, 0.15) is 11.8 Å². The molecule has 25 heavy (non-hydrogen) atoms. The number of carbonyl (C=O) groups is 1. The maximum atomic E-state index is 12.7. The van der Waals surface area contributed by atoms with Gasteiger partial charge in [0.25, 0.3) is 5.91 Å². The molecule has 0 bridgehead atoms. The van der Waals surface area contributed by atoms with Gasteiger partial charge in [0.2, 0.25) is 0 Å². The molecule has 1 aliphatic rings. The van der Waals surface area contributed by atoms with Crippen LogP contribution in [0.5, 0.6) is 0 Å². The Balaban J connectivity index is 1.55. The van der Waals surface area contributed by atoms with E-state index in [1.807, 2.05) is 24.2 Å². The molecular weight excluding hydrogens is 314 g/mol. The van der Waals surface area contributed by atoms with E-state index in [1.54, 1.807) is 23.0 Å². The summed E-state index contributed by atoms with van der Waals surface area (Å²) in [5.41, 5.74) is 2.31. The van der Waals surface area contributed by atoms with Crippen molar-refractivity contribution in [3.8, 4) is 6.07 Å². The van der Waals surface area contributed by atoms with Crippen LogP contribution in [0, 0.1) is 17.2 Å². The molecule has 0 aliphatic carbocycles. The highest BCUT2D eigenvalue weighted by Crippen LogP contribution is 2.21. The summed E-state index contributed by atoms with van der Waals surface area (Å²) in [7, 11) is 3.91. The zero-order valence-electron chi connectivity index (χ0n) is 14.7. The van der Waals surface area contributed by atoms with Crippen molar-refractivity contribution >= 4 is 5.91 Å². The first-order valence-corrected chi connectivity index (χ1v) is 8.50. The molecule has 2 aromatic heterocycles. The fourth-order valence-electron chi connectivity index (χ4n) is 3.48. The minimum Gasteiger partial charge on any atom is -0.345 e. The monoisotopic (exact) mass is 337 g/mol. The molecule has 6 heteroatoms. The zero-order chi connectivity index (χ0) is 17.8. The zero-order valence-corrected chi connectivity index (χ0v) is 14.7. The van der Waals surface area contributed by atoms with E-state index in [1.165, 1.54) is 5.56 Å². The Hall–Kier alpha value is -2.65. The number of aromatic nitrogens is 2. The quantitative estimate of drug-likeness (QED) is 0.836.